The molecule has 86 valence electrons. The highest BCUT2D eigenvalue weighted by molar-refractivity contribution is 5.57. The van der Waals surface area contributed by atoms with Crippen molar-refractivity contribution in [1.82, 2.24) is 5.32 Å². The molecule has 3 rings (SSSR count). The van der Waals surface area contributed by atoms with Crippen LogP contribution in [0.15, 0.2) is 18.2 Å². The minimum absolute atomic E-state index is 0.374. The van der Waals surface area contributed by atoms with Gasteiger partial charge in [0.05, 0.1) is 0 Å². The van der Waals surface area contributed by atoms with Crippen LogP contribution in [0.4, 0.5) is 5.69 Å². The van der Waals surface area contributed by atoms with Crippen molar-refractivity contribution in [3.8, 4) is 5.75 Å². The molecule has 3 N–H and O–H groups in total. The summed E-state index contributed by atoms with van der Waals surface area (Å²) in [6, 6.07) is 6.40. The lowest BCUT2D eigenvalue weighted by atomic mass is 9.90. The molecule has 0 radical (unpaired) electrons. The number of rotatable bonds is 3. The first-order chi connectivity index (χ1) is 7.83. The van der Waals surface area contributed by atoms with E-state index in [-0.39, 0.29) is 0 Å². The summed E-state index contributed by atoms with van der Waals surface area (Å²) in [5.74, 6) is 0.919. The Morgan fingerprint density at radius 3 is 3.00 bits per heavy atom. The second kappa shape index (κ2) is 3.98. The third-order valence-electron chi connectivity index (χ3n) is 3.51. The maximum atomic E-state index is 9.55. The number of hydrogen-bond acceptors (Lipinski definition) is 3. The molecule has 3 heteroatoms. The van der Waals surface area contributed by atoms with Gasteiger partial charge in [0.1, 0.15) is 5.75 Å². The second-order valence-corrected chi connectivity index (χ2v) is 4.87. The number of hydrogen-bond donors (Lipinski definition) is 3. The largest absolute Gasteiger partial charge is 0.508 e. The van der Waals surface area contributed by atoms with Crippen LogP contribution >= 0.6 is 0 Å². The highest BCUT2D eigenvalue weighted by Crippen LogP contribution is 2.34. The first-order valence-electron chi connectivity index (χ1n) is 6.13. The van der Waals surface area contributed by atoms with E-state index in [4.69, 9.17) is 0 Å². The molecule has 16 heavy (non-hydrogen) atoms. The van der Waals surface area contributed by atoms with Gasteiger partial charge in [-0.15, -0.1) is 0 Å². The van der Waals surface area contributed by atoms with Gasteiger partial charge in [0.25, 0.3) is 0 Å². The van der Waals surface area contributed by atoms with Crippen LogP contribution in [0.2, 0.25) is 0 Å². The van der Waals surface area contributed by atoms with Crippen LogP contribution in [0.5, 0.6) is 5.75 Å². The fourth-order valence-electron chi connectivity index (χ4n) is 2.39. The first-order valence-corrected chi connectivity index (χ1v) is 6.13. The number of phenolic OH excluding ortho intramolecular Hbond substituents is 1. The van der Waals surface area contributed by atoms with Crippen molar-refractivity contribution in [3.05, 3.63) is 23.8 Å². The van der Waals surface area contributed by atoms with Gasteiger partial charge in [0.15, 0.2) is 0 Å². The normalized spacial score (nSPS) is 23.6. The van der Waals surface area contributed by atoms with Crippen LogP contribution in [-0.2, 0) is 0 Å². The lowest BCUT2D eigenvalue weighted by Gasteiger charge is -2.27. The predicted molar refractivity (Wildman–Crippen MR) is 65.0 cm³/mol. The molecule has 1 aromatic rings. The molecule has 0 bridgehead atoms. The molecule has 1 atom stereocenters. The molecule has 0 spiro atoms. The summed E-state index contributed by atoms with van der Waals surface area (Å²) in [5.41, 5.74) is 2.45. The van der Waals surface area contributed by atoms with Gasteiger partial charge in [-0.05, 0) is 43.0 Å². The highest BCUT2D eigenvalue weighted by Gasteiger charge is 2.25. The summed E-state index contributed by atoms with van der Waals surface area (Å²) in [5, 5.41) is 16.5. The van der Waals surface area contributed by atoms with Crippen molar-refractivity contribution in [2.24, 2.45) is 0 Å². The van der Waals surface area contributed by atoms with Crippen molar-refractivity contribution in [2.75, 3.05) is 18.4 Å². The number of fused-ring (bicyclic) bond motifs is 1. The van der Waals surface area contributed by atoms with E-state index in [0.29, 0.717) is 11.7 Å². The number of phenols is 1. The van der Waals surface area contributed by atoms with Gasteiger partial charge < -0.3 is 15.7 Å². The second-order valence-electron chi connectivity index (χ2n) is 4.87. The fourth-order valence-corrected chi connectivity index (χ4v) is 2.39. The van der Waals surface area contributed by atoms with E-state index >= 15 is 0 Å². The average Bonchev–Trinajstić information content (AvgIpc) is 3.10. The summed E-state index contributed by atoms with van der Waals surface area (Å²) in [4.78, 5) is 0. The van der Waals surface area contributed by atoms with E-state index < -0.39 is 0 Å². The molecule has 1 heterocycles. The molecule has 2 aliphatic rings. The molecule has 0 aromatic heterocycles. The Morgan fingerprint density at radius 1 is 1.31 bits per heavy atom. The highest BCUT2D eigenvalue weighted by atomic mass is 16.3. The lowest BCUT2D eigenvalue weighted by molar-refractivity contribution is 0.471. The van der Waals surface area contributed by atoms with Crippen molar-refractivity contribution in [2.45, 2.75) is 31.2 Å². The number of anilines is 1. The molecule has 1 unspecified atom stereocenters. The minimum Gasteiger partial charge on any atom is -0.508 e. The maximum absolute atomic E-state index is 9.55. The van der Waals surface area contributed by atoms with Crippen LogP contribution in [0.25, 0.3) is 0 Å². The van der Waals surface area contributed by atoms with Crippen molar-refractivity contribution < 1.29 is 5.11 Å². The molecule has 1 aromatic carbocycles. The number of benzene rings is 1. The molecular formula is C13H18N2O. The first kappa shape index (κ1) is 9.97. The monoisotopic (exact) mass is 218 g/mol. The number of nitrogens with one attached hydrogen (secondary N) is 2. The summed E-state index contributed by atoms with van der Waals surface area (Å²) in [6.07, 6.45) is 3.81. The van der Waals surface area contributed by atoms with Crippen LogP contribution < -0.4 is 10.6 Å². The summed E-state index contributed by atoms with van der Waals surface area (Å²) in [6.45, 7) is 2.08. The van der Waals surface area contributed by atoms with Gasteiger partial charge in [-0.3, -0.25) is 0 Å². The van der Waals surface area contributed by atoms with Crippen molar-refractivity contribution in [3.63, 3.8) is 0 Å². The fraction of sp³-hybridized carbons (Fsp3) is 0.538. The molecule has 3 nitrogen and oxygen atoms in total. The molecule has 1 fully saturated rings. The third-order valence-corrected chi connectivity index (χ3v) is 3.51. The molecule has 0 amide bonds. The van der Waals surface area contributed by atoms with Gasteiger partial charge in [-0.2, -0.15) is 0 Å². The Labute approximate surface area is 95.9 Å². The predicted octanol–water partition coefficient (Wildman–Crippen LogP) is 2.04. The molecular weight excluding hydrogens is 200 g/mol. The van der Waals surface area contributed by atoms with Gasteiger partial charge in [-0.1, -0.05) is 0 Å². The van der Waals surface area contributed by atoms with E-state index in [1.807, 2.05) is 12.1 Å². The standard InChI is InChI=1S/C13H18N2O/c16-11-3-4-13-12(7-11)9(5-6-14-13)8-15-10-1-2-10/h3-4,7,9-10,14-16H,1-2,5-6,8H2. The smallest absolute Gasteiger partial charge is 0.116 e. The Morgan fingerprint density at radius 2 is 2.19 bits per heavy atom. The maximum Gasteiger partial charge on any atom is 0.116 e. The molecule has 1 aliphatic heterocycles. The summed E-state index contributed by atoms with van der Waals surface area (Å²) < 4.78 is 0. The van der Waals surface area contributed by atoms with Gasteiger partial charge in [0, 0.05) is 30.7 Å². The van der Waals surface area contributed by atoms with Crippen molar-refractivity contribution in [1.29, 1.82) is 0 Å². The third kappa shape index (κ3) is 2.00. The van der Waals surface area contributed by atoms with E-state index in [2.05, 4.69) is 10.6 Å². The zero-order valence-electron chi connectivity index (χ0n) is 9.37. The average molecular weight is 218 g/mol. The Bertz CT molecular complexity index is 388. The van der Waals surface area contributed by atoms with E-state index in [9.17, 15) is 5.11 Å². The topological polar surface area (TPSA) is 44.3 Å². The Balaban J connectivity index is 1.77. The Kier molecular flexibility index (Phi) is 2.48. The van der Waals surface area contributed by atoms with E-state index in [1.165, 1.54) is 24.1 Å². The van der Waals surface area contributed by atoms with Gasteiger partial charge in [0.2, 0.25) is 0 Å². The van der Waals surface area contributed by atoms with Crippen LogP contribution in [0.1, 0.15) is 30.7 Å². The van der Waals surface area contributed by atoms with Crippen LogP contribution in [0.3, 0.4) is 0 Å². The lowest BCUT2D eigenvalue weighted by Crippen LogP contribution is -2.28. The van der Waals surface area contributed by atoms with Crippen LogP contribution in [-0.4, -0.2) is 24.2 Å². The summed E-state index contributed by atoms with van der Waals surface area (Å²) >= 11 is 0. The van der Waals surface area contributed by atoms with Gasteiger partial charge >= 0.3 is 0 Å². The van der Waals surface area contributed by atoms with Crippen molar-refractivity contribution >= 4 is 5.69 Å². The number of aromatic hydroxyl groups is 1. The molecule has 1 saturated carbocycles. The van der Waals surface area contributed by atoms with E-state index in [1.54, 1.807) is 6.07 Å². The van der Waals surface area contributed by atoms with E-state index in [0.717, 1.165) is 25.6 Å². The Hall–Kier alpha value is -1.22. The van der Waals surface area contributed by atoms with Crippen LogP contribution in [0, 0.1) is 0 Å². The van der Waals surface area contributed by atoms with Gasteiger partial charge in [-0.25, -0.2) is 0 Å². The minimum atomic E-state index is 0.374. The quantitative estimate of drug-likeness (QED) is 0.680. The zero-order chi connectivity index (χ0) is 11.0. The molecule has 1 aliphatic carbocycles. The zero-order valence-corrected chi connectivity index (χ0v) is 9.37. The molecule has 0 saturated heterocycles. The SMILES string of the molecule is Oc1ccc2c(c1)C(CNC1CC1)CCN2. The summed E-state index contributed by atoms with van der Waals surface area (Å²) in [7, 11) is 0.